The topological polar surface area (TPSA) is 58.3 Å². The monoisotopic (exact) mass is 522 g/mol. The van der Waals surface area contributed by atoms with Crippen LogP contribution in [0.5, 0.6) is 0 Å². The molecule has 0 spiro atoms. The van der Waals surface area contributed by atoms with Crippen LogP contribution in [0.15, 0.2) is 70.9 Å². The molecule has 8 heteroatoms. The standard InChI is InChI=1S/C21H26N6S.HI/c1-4-22-21(26(2)16-17-6-8-19(28-3)9-7-17)24-15-18-10-12-23-20(14-18)27-13-5-11-25-27;/h5-14H,4,15-16H2,1-3H3,(H,22,24);1H. The van der Waals surface area contributed by atoms with Gasteiger partial charge in [0, 0.05) is 43.6 Å². The first-order valence-electron chi connectivity index (χ1n) is 9.27. The lowest BCUT2D eigenvalue weighted by atomic mass is 10.2. The molecule has 29 heavy (non-hydrogen) atoms. The zero-order chi connectivity index (χ0) is 19.8. The summed E-state index contributed by atoms with van der Waals surface area (Å²) in [5, 5.41) is 7.61. The third-order valence-electron chi connectivity index (χ3n) is 4.24. The van der Waals surface area contributed by atoms with Crippen LogP contribution < -0.4 is 5.32 Å². The van der Waals surface area contributed by atoms with Gasteiger partial charge >= 0.3 is 0 Å². The Morgan fingerprint density at radius 1 is 1.17 bits per heavy atom. The maximum atomic E-state index is 4.81. The molecular weight excluding hydrogens is 495 g/mol. The number of hydrogen-bond acceptors (Lipinski definition) is 4. The summed E-state index contributed by atoms with van der Waals surface area (Å²) in [5.74, 6) is 1.68. The lowest BCUT2D eigenvalue weighted by Crippen LogP contribution is -2.38. The van der Waals surface area contributed by atoms with Crippen LogP contribution in [0.1, 0.15) is 18.1 Å². The summed E-state index contributed by atoms with van der Waals surface area (Å²) >= 11 is 1.76. The van der Waals surface area contributed by atoms with E-state index in [0.29, 0.717) is 6.54 Å². The van der Waals surface area contributed by atoms with E-state index in [1.165, 1.54) is 10.5 Å². The van der Waals surface area contributed by atoms with Crippen LogP contribution in [0.25, 0.3) is 5.82 Å². The summed E-state index contributed by atoms with van der Waals surface area (Å²) in [7, 11) is 2.06. The van der Waals surface area contributed by atoms with E-state index in [9.17, 15) is 0 Å². The fourth-order valence-electron chi connectivity index (χ4n) is 2.80. The summed E-state index contributed by atoms with van der Waals surface area (Å²) in [5.41, 5.74) is 2.35. The highest BCUT2D eigenvalue weighted by atomic mass is 127. The zero-order valence-electron chi connectivity index (χ0n) is 16.9. The molecule has 0 saturated carbocycles. The van der Waals surface area contributed by atoms with Gasteiger partial charge in [0.05, 0.1) is 6.54 Å². The van der Waals surface area contributed by atoms with Gasteiger partial charge in [-0.2, -0.15) is 5.10 Å². The molecule has 1 aromatic carbocycles. The third-order valence-corrected chi connectivity index (χ3v) is 4.98. The van der Waals surface area contributed by atoms with E-state index in [0.717, 1.165) is 30.4 Å². The smallest absolute Gasteiger partial charge is 0.194 e. The van der Waals surface area contributed by atoms with Gasteiger partial charge in [-0.15, -0.1) is 35.7 Å². The molecule has 0 atom stereocenters. The molecule has 0 unspecified atom stereocenters. The Balaban J connectivity index is 0.00000300. The molecule has 0 aliphatic carbocycles. The lowest BCUT2D eigenvalue weighted by molar-refractivity contribution is 0.476. The summed E-state index contributed by atoms with van der Waals surface area (Å²) < 4.78 is 1.75. The largest absolute Gasteiger partial charge is 0.357 e. The van der Waals surface area contributed by atoms with Gasteiger partial charge in [0.25, 0.3) is 0 Å². The number of pyridine rings is 1. The second-order valence-electron chi connectivity index (χ2n) is 6.35. The van der Waals surface area contributed by atoms with Crippen LogP contribution in [-0.2, 0) is 13.1 Å². The molecule has 0 fully saturated rings. The minimum atomic E-state index is 0. The van der Waals surface area contributed by atoms with E-state index >= 15 is 0 Å². The molecule has 0 saturated heterocycles. The molecule has 6 nitrogen and oxygen atoms in total. The molecule has 154 valence electrons. The van der Waals surface area contributed by atoms with Gasteiger partial charge in [-0.25, -0.2) is 14.7 Å². The number of aromatic nitrogens is 3. The van der Waals surface area contributed by atoms with Crippen LogP contribution in [0.2, 0.25) is 0 Å². The van der Waals surface area contributed by atoms with E-state index in [-0.39, 0.29) is 24.0 Å². The SMILES string of the molecule is CCNC(=NCc1ccnc(-n2cccn2)c1)N(C)Cc1ccc(SC)cc1.I. The number of halogens is 1. The molecule has 0 aliphatic heterocycles. The number of nitrogens with zero attached hydrogens (tertiary/aromatic N) is 5. The fourth-order valence-corrected chi connectivity index (χ4v) is 3.21. The first kappa shape index (κ1) is 23.2. The van der Waals surface area contributed by atoms with Crippen molar-refractivity contribution in [2.75, 3.05) is 19.8 Å². The van der Waals surface area contributed by atoms with Crippen molar-refractivity contribution in [2.24, 2.45) is 4.99 Å². The maximum absolute atomic E-state index is 4.81. The molecule has 1 N–H and O–H groups in total. The summed E-state index contributed by atoms with van der Waals surface area (Å²) in [6.07, 6.45) is 7.52. The normalized spacial score (nSPS) is 11.1. The molecule has 3 aromatic rings. The third kappa shape index (κ3) is 6.74. The van der Waals surface area contributed by atoms with Crippen molar-refractivity contribution in [3.63, 3.8) is 0 Å². The van der Waals surface area contributed by atoms with Crippen LogP contribution in [-0.4, -0.2) is 45.5 Å². The van der Waals surface area contributed by atoms with Crippen molar-refractivity contribution in [3.05, 3.63) is 72.2 Å². The van der Waals surface area contributed by atoms with E-state index in [1.54, 1.807) is 28.8 Å². The van der Waals surface area contributed by atoms with Crippen LogP contribution in [0.3, 0.4) is 0 Å². The summed E-state index contributed by atoms with van der Waals surface area (Å²) in [6, 6.07) is 14.5. The van der Waals surface area contributed by atoms with Crippen LogP contribution in [0.4, 0.5) is 0 Å². The minimum Gasteiger partial charge on any atom is -0.357 e. The van der Waals surface area contributed by atoms with Gasteiger partial charge in [0.1, 0.15) is 0 Å². The average molecular weight is 522 g/mol. The molecule has 0 amide bonds. The van der Waals surface area contributed by atoms with Crippen molar-refractivity contribution >= 4 is 41.7 Å². The zero-order valence-corrected chi connectivity index (χ0v) is 20.1. The van der Waals surface area contributed by atoms with Crippen molar-refractivity contribution < 1.29 is 0 Å². The molecule has 0 bridgehead atoms. The number of hydrogen-bond donors (Lipinski definition) is 1. The van der Waals surface area contributed by atoms with Crippen molar-refractivity contribution in [2.45, 2.75) is 24.9 Å². The predicted octanol–water partition coefficient (Wildman–Crippen LogP) is 4.20. The number of thioether (sulfide) groups is 1. The Morgan fingerprint density at radius 3 is 2.62 bits per heavy atom. The second kappa shape index (κ2) is 11.8. The molecule has 0 aliphatic rings. The first-order valence-corrected chi connectivity index (χ1v) is 10.5. The molecule has 3 rings (SSSR count). The Bertz CT molecular complexity index is 896. The van der Waals surface area contributed by atoms with Gasteiger partial charge in [-0.1, -0.05) is 12.1 Å². The van der Waals surface area contributed by atoms with Crippen molar-refractivity contribution in [1.82, 2.24) is 25.0 Å². The van der Waals surface area contributed by atoms with E-state index in [4.69, 9.17) is 4.99 Å². The van der Waals surface area contributed by atoms with Gasteiger partial charge in [0.2, 0.25) is 0 Å². The van der Waals surface area contributed by atoms with Gasteiger partial charge in [0.15, 0.2) is 11.8 Å². The lowest BCUT2D eigenvalue weighted by Gasteiger charge is -2.22. The number of benzene rings is 1. The molecule has 0 radical (unpaired) electrons. The average Bonchev–Trinajstić information content (AvgIpc) is 3.27. The Morgan fingerprint density at radius 2 is 1.97 bits per heavy atom. The highest BCUT2D eigenvalue weighted by molar-refractivity contribution is 14.0. The highest BCUT2D eigenvalue weighted by Crippen LogP contribution is 2.15. The van der Waals surface area contributed by atoms with E-state index in [1.807, 2.05) is 24.4 Å². The maximum Gasteiger partial charge on any atom is 0.194 e. The Labute approximate surface area is 193 Å². The molecule has 2 aromatic heterocycles. The quantitative estimate of drug-likeness (QED) is 0.218. The second-order valence-corrected chi connectivity index (χ2v) is 7.23. The summed E-state index contributed by atoms with van der Waals surface area (Å²) in [4.78, 5) is 12.6. The van der Waals surface area contributed by atoms with Crippen molar-refractivity contribution in [1.29, 1.82) is 0 Å². The Hall–Kier alpha value is -2.07. The Kier molecular flexibility index (Phi) is 9.46. The highest BCUT2D eigenvalue weighted by Gasteiger charge is 2.07. The fraction of sp³-hybridized carbons (Fsp3) is 0.286. The number of rotatable bonds is 7. The van der Waals surface area contributed by atoms with E-state index < -0.39 is 0 Å². The van der Waals surface area contributed by atoms with Gasteiger partial charge in [-0.3, -0.25) is 0 Å². The van der Waals surface area contributed by atoms with Crippen LogP contribution >= 0.6 is 35.7 Å². The van der Waals surface area contributed by atoms with Crippen LogP contribution in [0, 0.1) is 0 Å². The number of aliphatic imine (C=N–C) groups is 1. The van der Waals surface area contributed by atoms with Gasteiger partial charge in [-0.05, 0) is 54.6 Å². The molecular formula is C21H27IN6S. The number of nitrogens with one attached hydrogen (secondary N) is 1. The molecule has 2 heterocycles. The minimum absolute atomic E-state index is 0. The predicted molar refractivity (Wildman–Crippen MR) is 131 cm³/mol. The number of guanidine groups is 1. The summed E-state index contributed by atoms with van der Waals surface area (Å²) in [6.45, 7) is 4.28. The van der Waals surface area contributed by atoms with Crippen molar-refractivity contribution in [3.8, 4) is 5.82 Å². The van der Waals surface area contributed by atoms with E-state index in [2.05, 4.69) is 64.8 Å². The first-order chi connectivity index (χ1) is 13.7. The van der Waals surface area contributed by atoms with Gasteiger partial charge < -0.3 is 10.2 Å².